The Labute approximate surface area is 159 Å². The SMILES string of the molecule is COC(=O)c1ccccc1NC(=O)Cn1nnc(-c2ccc(SC)cc2)n1. The van der Waals surface area contributed by atoms with Crippen LogP contribution in [0.4, 0.5) is 5.69 Å². The van der Waals surface area contributed by atoms with Crippen LogP contribution < -0.4 is 5.32 Å². The topological polar surface area (TPSA) is 99.0 Å². The normalized spacial score (nSPS) is 10.4. The van der Waals surface area contributed by atoms with E-state index in [2.05, 4.69) is 20.7 Å². The molecule has 2 aromatic carbocycles. The van der Waals surface area contributed by atoms with Gasteiger partial charge in [0.1, 0.15) is 6.54 Å². The fourth-order valence-corrected chi connectivity index (χ4v) is 2.77. The van der Waals surface area contributed by atoms with Crippen LogP contribution in [0.2, 0.25) is 0 Å². The van der Waals surface area contributed by atoms with Gasteiger partial charge in [-0.05, 0) is 47.9 Å². The van der Waals surface area contributed by atoms with Crippen molar-refractivity contribution in [3.05, 3.63) is 54.1 Å². The molecule has 3 rings (SSSR count). The minimum Gasteiger partial charge on any atom is -0.465 e. The molecular weight excluding hydrogens is 366 g/mol. The predicted molar refractivity (Wildman–Crippen MR) is 101 cm³/mol. The third-order valence-electron chi connectivity index (χ3n) is 3.69. The highest BCUT2D eigenvalue weighted by molar-refractivity contribution is 7.98. The van der Waals surface area contributed by atoms with Gasteiger partial charge in [0, 0.05) is 10.5 Å². The van der Waals surface area contributed by atoms with Gasteiger partial charge in [-0.25, -0.2) is 4.79 Å². The van der Waals surface area contributed by atoms with Crippen LogP contribution in [0, 0.1) is 0 Å². The molecule has 0 saturated carbocycles. The minimum atomic E-state index is -0.527. The molecule has 0 atom stereocenters. The molecule has 1 N–H and O–H groups in total. The van der Waals surface area contributed by atoms with Gasteiger partial charge in [0.2, 0.25) is 11.7 Å². The molecule has 0 aliphatic carbocycles. The van der Waals surface area contributed by atoms with E-state index in [0.29, 0.717) is 11.5 Å². The Morgan fingerprint density at radius 1 is 1.15 bits per heavy atom. The zero-order valence-electron chi connectivity index (χ0n) is 14.7. The Kier molecular flexibility index (Phi) is 5.82. The summed E-state index contributed by atoms with van der Waals surface area (Å²) in [5.74, 6) is -0.473. The number of para-hydroxylation sites is 1. The summed E-state index contributed by atoms with van der Waals surface area (Å²) in [6.45, 7) is -0.134. The highest BCUT2D eigenvalue weighted by Gasteiger charge is 2.14. The molecule has 8 nitrogen and oxygen atoms in total. The lowest BCUT2D eigenvalue weighted by molar-refractivity contribution is -0.117. The molecule has 27 heavy (non-hydrogen) atoms. The van der Waals surface area contributed by atoms with E-state index in [9.17, 15) is 9.59 Å². The maximum absolute atomic E-state index is 12.3. The summed E-state index contributed by atoms with van der Waals surface area (Å²) in [6, 6.07) is 14.3. The molecule has 0 bridgehead atoms. The van der Waals surface area contributed by atoms with Gasteiger partial charge in [-0.15, -0.1) is 22.0 Å². The molecule has 0 radical (unpaired) electrons. The van der Waals surface area contributed by atoms with Crippen molar-refractivity contribution in [3.63, 3.8) is 0 Å². The van der Waals surface area contributed by atoms with Crippen LogP contribution in [0.15, 0.2) is 53.4 Å². The second kappa shape index (κ2) is 8.45. The molecule has 1 aromatic heterocycles. The van der Waals surface area contributed by atoms with E-state index in [-0.39, 0.29) is 18.0 Å². The molecule has 138 valence electrons. The van der Waals surface area contributed by atoms with Crippen molar-refractivity contribution in [1.29, 1.82) is 0 Å². The van der Waals surface area contributed by atoms with E-state index in [1.807, 2.05) is 30.5 Å². The number of benzene rings is 2. The van der Waals surface area contributed by atoms with Crippen molar-refractivity contribution in [1.82, 2.24) is 20.2 Å². The molecule has 0 spiro atoms. The Bertz CT molecular complexity index is 956. The molecule has 1 heterocycles. The fraction of sp³-hybridized carbons (Fsp3) is 0.167. The van der Waals surface area contributed by atoms with Crippen LogP contribution in [0.25, 0.3) is 11.4 Å². The molecule has 9 heteroatoms. The first-order chi connectivity index (χ1) is 13.1. The Morgan fingerprint density at radius 2 is 1.89 bits per heavy atom. The maximum Gasteiger partial charge on any atom is 0.339 e. The molecule has 0 fully saturated rings. The molecular formula is C18H17N5O3S. The first-order valence-corrected chi connectivity index (χ1v) is 9.22. The van der Waals surface area contributed by atoms with Gasteiger partial charge in [-0.3, -0.25) is 4.79 Å². The quantitative estimate of drug-likeness (QED) is 0.516. The number of carbonyl (C=O) groups is 2. The first-order valence-electron chi connectivity index (χ1n) is 8.00. The summed E-state index contributed by atoms with van der Waals surface area (Å²) in [5, 5.41) is 14.8. The number of nitrogens with one attached hydrogen (secondary N) is 1. The van der Waals surface area contributed by atoms with E-state index in [1.165, 1.54) is 11.9 Å². The third-order valence-corrected chi connectivity index (χ3v) is 4.44. The molecule has 0 saturated heterocycles. The fourth-order valence-electron chi connectivity index (χ4n) is 2.36. The van der Waals surface area contributed by atoms with Crippen molar-refractivity contribution < 1.29 is 14.3 Å². The number of hydrogen-bond donors (Lipinski definition) is 1. The molecule has 0 aliphatic heterocycles. The van der Waals surface area contributed by atoms with Crippen LogP contribution in [0.3, 0.4) is 0 Å². The van der Waals surface area contributed by atoms with Crippen molar-refractivity contribution in [2.75, 3.05) is 18.7 Å². The Balaban J connectivity index is 1.69. The molecule has 3 aromatic rings. The lowest BCUT2D eigenvalue weighted by Gasteiger charge is -2.08. The van der Waals surface area contributed by atoms with Crippen LogP contribution in [0.1, 0.15) is 10.4 Å². The van der Waals surface area contributed by atoms with Crippen molar-refractivity contribution in [2.24, 2.45) is 0 Å². The number of methoxy groups -OCH3 is 1. The lowest BCUT2D eigenvalue weighted by atomic mass is 10.2. The van der Waals surface area contributed by atoms with Gasteiger partial charge in [0.15, 0.2) is 0 Å². The monoisotopic (exact) mass is 383 g/mol. The summed E-state index contributed by atoms with van der Waals surface area (Å²) in [7, 11) is 1.29. The zero-order chi connectivity index (χ0) is 19.2. The number of nitrogens with zero attached hydrogens (tertiary/aromatic N) is 4. The van der Waals surface area contributed by atoms with Gasteiger partial charge in [-0.2, -0.15) is 4.80 Å². The van der Waals surface area contributed by atoms with Crippen molar-refractivity contribution >= 4 is 29.3 Å². The number of anilines is 1. The Morgan fingerprint density at radius 3 is 2.59 bits per heavy atom. The van der Waals surface area contributed by atoms with Gasteiger partial charge in [-0.1, -0.05) is 12.1 Å². The van der Waals surface area contributed by atoms with Crippen molar-refractivity contribution in [3.8, 4) is 11.4 Å². The first kappa shape index (κ1) is 18.6. The highest BCUT2D eigenvalue weighted by Crippen LogP contribution is 2.20. The number of esters is 1. The number of hydrogen-bond acceptors (Lipinski definition) is 7. The van der Waals surface area contributed by atoms with E-state index >= 15 is 0 Å². The van der Waals surface area contributed by atoms with E-state index in [1.54, 1.807) is 36.0 Å². The van der Waals surface area contributed by atoms with Crippen LogP contribution in [0.5, 0.6) is 0 Å². The summed E-state index contributed by atoms with van der Waals surface area (Å²) in [6.07, 6.45) is 2.00. The largest absolute Gasteiger partial charge is 0.465 e. The van der Waals surface area contributed by atoms with E-state index in [0.717, 1.165) is 10.5 Å². The standard InChI is InChI=1S/C18H17N5O3S/c1-26-18(25)14-5-3-4-6-15(14)19-16(24)11-23-21-17(20-22-23)12-7-9-13(27-2)10-8-12/h3-10H,11H2,1-2H3,(H,19,24). The van der Waals surface area contributed by atoms with Crippen LogP contribution in [-0.4, -0.2) is 45.4 Å². The Hall–Kier alpha value is -3.20. The van der Waals surface area contributed by atoms with Gasteiger partial charge < -0.3 is 10.1 Å². The van der Waals surface area contributed by atoms with Crippen molar-refractivity contribution in [2.45, 2.75) is 11.4 Å². The number of rotatable bonds is 6. The lowest BCUT2D eigenvalue weighted by Crippen LogP contribution is -2.22. The number of ether oxygens (including phenoxy) is 1. The number of tetrazole rings is 1. The maximum atomic E-state index is 12.3. The number of amides is 1. The van der Waals surface area contributed by atoms with Crippen LogP contribution >= 0.6 is 11.8 Å². The molecule has 0 unspecified atom stereocenters. The smallest absolute Gasteiger partial charge is 0.339 e. The summed E-state index contributed by atoms with van der Waals surface area (Å²) >= 11 is 1.64. The van der Waals surface area contributed by atoms with E-state index < -0.39 is 5.97 Å². The molecule has 0 aliphatic rings. The van der Waals surface area contributed by atoms with Crippen LogP contribution in [-0.2, 0) is 16.1 Å². The number of aromatic nitrogens is 4. The highest BCUT2D eigenvalue weighted by atomic mass is 32.2. The third kappa shape index (κ3) is 4.50. The zero-order valence-corrected chi connectivity index (χ0v) is 15.6. The predicted octanol–water partition coefficient (Wildman–Crippen LogP) is 2.49. The van der Waals surface area contributed by atoms with Gasteiger partial charge in [0.25, 0.3) is 0 Å². The van der Waals surface area contributed by atoms with Gasteiger partial charge in [0.05, 0.1) is 18.4 Å². The number of thioether (sulfide) groups is 1. The minimum absolute atomic E-state index is 0.134. The average Bonchev–Trinajstić information content (AvgIpc) is 3.16. The molecule has 1 amide bonds. The summed E-state index contributed by atoms with van der Waals surface area (Å²) < 4.78 is 4.71. The summed E-state index contributed by atoms with van der Waals surface area (Å²) in [5.41, 5.74) is 1.45. The van der Waals surface area contributed by atoms with Gasteiger partial charge >= 0.3 is 5.97 Å². The second-order valence-electron chi connectivity index (χ2n) is 5.46. The number of carbonyl (C=O) groups excluding carboxylic acids is 2. The van der Waals surface area contributed by atoms with E-state index in [4.69, 9.17) is 4.74 Å². The average molecular weight is 383 g/mol. The second-order valence-corrected chi connectivity index (χ2v) is 6.34. The summed E-state index contributed by atoms with van der Waals surface area (Å²) in [4.78, 5) is 26.4.